The van der Waals surface area contributed by atoms with Crippen molar-refractivity contribution in [3.05, 3.63) is 22.6 Å². The average Bonchev–Trinajstić information content (AvgIpc) is 2.38. The van der Waals surface area contributed by atoms with Crippen molar-refractivity contribution in [1.29, 1.82) is 0 Å². The molecule has 0 saturated carbocycles. The van der Waals surface area contributed by atoms with Gasteiger partial charge in [0.05, 0.1) is 18.4 Å². The number of nitrogens with zero attached hydrogens (tertiary/aromatic N) is 4. The predicted octanol–water partition coefficient (Wildman–Crippen LogP) is -1.13. The van der Waals surface area contributed by atoms with Crippen LogP contribution in [0.1, 0.15) is 6.42 Å². The van der Waals surface area contributed by atoms with Gasteiger partial charge in [-0.2, -0.15) is 5.10 Å². The summed E-state index contributed by atoms with van der Waals surface area (Å²) in [7, 11) is 2.08. The Hall–Kier alpha value is -1.89. The summed E-state index contributed by atoms with van der Waals surface area (Å²) in [6.07, 6.45) is 1.80. The Morgan fingerprint density at radius 3 is 2.63 bits per heavy atom. The average molecular weight is 265 g/mol. The predicted molar refractivity (Wildman–Crippen MR) is 72.0 cm³/mol. The van der Waals surface area contributed by atoms with Crippen molar-refractivity contribution >= 4 is 11.6 Å². The Balaban J connectivity index is 2.06. The summed E-state index contributed by atoms with van der Waals surface area (Å²) in [5.74, 6) is -0.433. The van der Waals surface area contributed by atoms with Crippen LogP contribution in [0.5, 0.6) is 0 Å². The SMILES string of the molecule is CN1CCN(c2cnn(CCC(N)=O)c(=O)c2)CC1. The molecule has 1 amide bonds. The molecule has 2 heterocycles. The number of carbonyl (C=O) groups is 1. The topological polar surface area (TPSA) is 84.5 Å². The summed E-state index contributed by atoms with van der Waals surface area (Å²) in [5.41, 5.74) is 5.70. The molecule has 7 nitrogen and oxygen atoms in total. The zero-order valence-corrected chi connectivity index (χ0v) is 11.1. The number of likely N-dealkylation sites (N-methyl/N-ethyl adjacent to an activating group) is 1. The standard InChI is InChI=1S/C12H19N5O2/c1-15-4-6-16(7-5-15)10-8-12(19)17(14-9-10)3-2-11(13)18/h8-9H,2-7H2,1H3,(H2,13,18). The van der Waals surface area contributed by atoms with E-state index < -0.39 is 5.91 Å². The number of hydrogen-bond donors (Lipinski definition) is 1. The van der Waals surface area contributed by atoms with Gasteiger partial charge in [-0.05, 0) is 7.05 Å². The van der Waals surface area contributed by atoms with E-state index in [2.05, 4.69) is 21.9 Å². The van der Waals surface area contributed by atoms with E-state index in [1.54, 1.807) is 12.3 Å². The highest BCUT2D eigenvalue weighted by Gasteiger charge is 2.15. The number of carbonyl (C=O) groups excluding carboxylic acids is 1. The molecule has 0 aliphatic carbocycles. The molecule has 2 rings (SSSR count). The van der Waals surface area contributed by atoms with Crippen molar-refractivity contribution in [2.75, 3.05) is 38.1 Å². The van der Waals surface area contributed by atoms with E-state index in [4.69, 9.17) is 5.73 Å². The lowest BCUT2D eigenvalue weighted by atomic mass is 10.3. The molecule has 1 aliphatic rings. The fourth-order valence-corrected chi connectivity index (χ4v) is 2.05. The van der Waals surface area contributed by atoms with Gasteiger partial charge < -0.3 is 15.5 Å². The van der Waals surface area contributed by atoms with Crippen molar-refractivity contribution in [2.45, 2.75) is 13.0 Å². The van der Waals surface area contributed by atoms with Crippen LogP contribution in [0.2, 0.25) is 0 Å². The van der Waals surface area contributed by atoms with E-state index in [0.717, 1.165) is 31.9 Å². The van der Waals surface area contributed by atoms with Gasteiger partial charge in [-0.15, -0.1) is 0 Å². The summed E-state index contributed by atoms with van der Waals surface area (Å²) in [4.78, 5) is 27.0. The van der Waals surface area contributed by atoms with Crippen molar-refractivity contribution < 1.29 is 4.79 Å². The van der Waals surface area contributed by atoms with E-state index in [9.17, 15) is 9.59 Å². The number of anilines is 1. The molecule has 1 aromatic heterocycles. The quantitative estimate of drug-likeness (QED) is 0.744. The summed E-state index contributed by atoms with van der Waals surface area (Å²) in [5, 5.41) is 4.09. The first kappa shape index (κ1) is 13.5. The number of primary amides is 1. The molecule has 0 bridgehead atoms. The van der Waals surface area contributed by atoms with Crippen LogP contribution < -0.4 is 16.2 Å². The minimum atomic E-state index is -0.433. The molecule has 0 radical (unpaired) electrons. The van der Waals surface area contributed by atoms with Gasteiger partial charge in [-0.25, -0.2) is 4.68 Å². The van der Waals surface area contributed by atoms with E-state index in [-0.39, 0.29) is 18.5 Å². The monoisotopic (exact) mass is 265 g/mol. The highest BCUT2D eigenvalue weighted by Crippen LogP contribution is 2.11. The van der Waals surface area contributed by atoms with Gasteiger partial charge in [0.15, 0.2) is 0 Å². The van der Waals surface area contributed by atoms with Gasteiger partial charge in [0.1, 0.15) is 0 Å². The number of piperazine rings is 1. The van der Waals surface area contributed by atoms with E-state index in [1.807, 2.05) is 0 Å². The molecule has 1 aromatic rings. The Morgan fingerprint density at radius 1 is 1.37 bits per heavy atom. The van der Waals surface area contributed by atoms with Crippen molar-refractivity contribution in [3.8, 4) is 0 Å². The van der Waals surface area contributed by atoms with Crippen molar-refractivity contribution in [1.82, 2.24) is 14.7 Å². The Kier molecular flexibility index (Phi) is 4.16. The maximum atomic E-state index is 11.9. The van der Waals surface area contributed by atoms with Crippen LogP contribution >= 0.6 is 0 Å². The first-order valence-corrected chi connectivity index (χ1v) is 6.35. The number of aromatic nitrogens is 2. The summed E-state index contributed by atoms with van der Waals surface area (Å²) < 4.78 is 1.27. The summed E-state index contributed by atoms with van der Waals surface area (Å²) >= 11 is 0. The second kappa shape index (κ2) is 5.83. The second-order valence-corrected chi connectivity index (χ2v) is 4.78. The molecule has 0 atom stereocenters. The van der Waals surface area contributed by atoms with Crippen LogP contribution in [0.3, 0.4) is 0 Å². The van der Waals surface area contributed by atoms with Gasteiger partial charge in [-0.3, -0.25) is 9.59 Å². The van der Waals surface area contributed by atoms with Gasteiger partial charge in [0.25, 0.3) is 5.56 Å². The lowest BCUT2D eigenvalue weighted by molar-refractivity contribution is -0.118. The van der Waals surface area contributed by atoms with Crippen LogP contribution in [0.15, 0.2) is 17.1 Å². The number of amides is 1. The third-order valence-corrected chi connectivity index (χ3v) is 3.29. The highest BCUT2D eigenvalue weighted by molar-refractivity contribution is 5.73. The van der Waals surface area contributed by atoms with Crippen LogP contribution in [-0.2, 0) is 11.3 Å². The maximum Gasteiger partial charge on any atom is 0.268 e. The lowest BCUT2D eigenvalue weighted by Gasteiger charge is -2.33. The normalized spacial score (nSPS) is 16.6. The molecular formula is C12H19N5O2. The van der Waals surface area contributed by atoms with E-state index in [0.29, 0.717) is 0 Å². The Bertz CT molecular complexity index is 505. The van der Waals surface area contributed by atoms with Gasteiger partial charge >= 0.3 is 0 Å². The molecule has 0 unspecified atom stereocenters. The number of hydrogen-bond acceptors (Lipinski definition) is 5. The zero-order chi connectivity index (χ0) is 13.8. The minimum Gasteiger partial charge on any atom is -0.370 e. The number of aryl methyl sites for hydroxylation is 1. The molecule has 2 N–H and O–H groups in total. The largest absolute Gasteiger partial charge is 0.370 e. The molecule has 0 spiro atoms. The third-order valence-electron chi connectivity index (χ3n) is 3.29. The molecule has 0 aromatic carbocycles. The maximum absolute atomic E-state index is 11.9. The fraction of sp³-hybridized carbons (Fsp3) is 0.583. The molecular weight excluding hydrogens is 246 g/mol. The fourth-order valence-electron chi connectivity index (χ4n) is 2.05. The first-order chi connectivity index (χ1) is 9.06. The van der Waals surface area contributed by atoms with Gasteiger partial charge in [0, 0.05) is 38.7 Å². The van der Waals surface area contributed by atoms with Crippen molar-refractivity contribution in [2.24, 2.45) is 5.73 Å². The smallest absolute Gasteiger partial charge is 0.268 e. The number of nitrogens with two attached hydrogens (primary N) is 1. The Morgan fingerprint density at radius 2 is 2.05 bits per heavy atom. The van der Waals surface area contributed by atoms with Crippen LogP contribution in [0.25, 0.3) is 0 Å². The van der Waals surface area contributed by atoms with Gasteiger partial charge in [0.2, 0.25) is 5.91 Å². The zero-order valence-electron chi connectivity index (χ0n) is 11.1. The molecule has 1 fully saturated rings. The summed E-state index contributed by atoms with van der Waals surface area (Å²) in [6, 6.07) is 1.57. The third kappa shape index (κ3) is 3.54. The molecule has 1 saturated heterocycles. The molecule has 104 valence electrons. The van der Waals surface area contributed by atoms with E-state index >= 15 is 0 Å². The highest BCUT2D eigenvalue weighted by atomic mass is 16.1. The second-order valence-electron chi connectivity index (χ2n) is 4.78. The Labute approximate surface area is 111 Å². The number of rotatable bonds is 4. The first-order valence-electron chi connectivity index (χ1n) is 6.35. The molecule has 7 heteroatoms. The van der Waals surface area contributed by atoms with Crippen LogP contribution in [-0.4, -0.2) is 53.8 Å². The van der Waals surface area contributed by atoms with Gasteiger partial charge in [-0.1, -0.05) is 0 Å². The minimum absolute atomic E-state index is 0.126. The molecule has 19 heavy (non-hydrogen) atoms. The van der Waals surface area contributed by atoms with Crippen LogP contribution in [0.4, 0.5) is 5.69 Å². The van der Waals surface area contributed by atoms with E-state index in [1.165, 1.54) is 4.68 Å². The summed E-state index contributed by atoms with van der Waals surface area (Å²) in [6.45, 7) is 3.97. The van der Waals surface area contributed by atoms with Crippen molar-refractivity contribution in [3.63, 3.8) is 0 Å². The lowest BCUT2D eigenvalue weighted by Crippen LogP contribution is -2.45. The molecule has 1 aliphatic heterocycles. The van der Waals surface area contributed by atoms with Crippen LogP contribution in [0, 0.1) is 0 Å².